The smallest absolute Gasteiger partial charge is 0.358 e. The molecule has 0 heterocycles. The summed E-state index contributed by atoms with van der Waals surface area (Å²) < 4.78 is 0. The van der Waals surface area contributed by atoms with Crippen molar-refractivity contribution in [2.75, 3.05) is 0 Å². The molecule has 0 saturated heterocycles. The van der Waals surface area contributed by atoms with E-state index < -0.39 is 8.07 Å². The molecule has 4 rings (SSSR count). The van der Waals surface area contributed by atoms with Crippen LogP contribution in [0.5, 0.6) is 0 Å². The van der Waals surface area contributed by atoms with Crippen LogP contribution >= 0.6 is 0 Å². The van der Waals surface area contributed by atoms with E-state index in [4.69, 9.17) is 0 Å². The molecule has 0 amide bonds. The van der Waals surface area contributed by atoms with Crippen molar-refractivity contribution in [3.63, 3.8) is 0 Å². The molecule has 0 bridgehead atoms. The maximum Gasteiger partial charge on any atom is 4.00 e. The Hall–Kier alpha value is 0.0600. The first kappa shape index (κ1) is 37.2. The summed E-state index contributed by atoms with van der Waals surface area (Å²) in [5.74, 6) is 5.14. The van der Waals surface area contributed by atoms with Crippen LogP contribution in [0.3, 0.4) is 0 Å². The number of hydrogen-bond donors (Lipinski definition) is 0. The summed E-state index contributed by atoms with van der Waals surface area (Å²) in [7, 11) is -1.54. The zero-order valence-corrected chi connectivity index (χ0v) is 28.4. The normalized spacial score (nSPS) is 38.5. The minimum absolute atomic E-state index is 0. The third kappa shape index (κ3) is 6.38. The van der Waals surface area contributed by atoms with E-state index in [2.05, 4.69) is 89.4 Å². The summed E-state index contributed by atoms with van der Waals surface area (Å²) in [6.45, 7) is 15.7. The second-order valence-electron chi connectivity index (χ2n) is 11.9. The maximum atomic E-state index is 2.81. The van der Waals surface area contributed by atoms with Gasteiger partial charge in [0.25, 0.3) is 0 Å². The van der Waals surface area contributed by atoms with Crippen molar-refractivity contribution in [1.29, 1.82) is 0 Å². The van der Waals surface area contributed by atoms with E-state index in [-0.39, 0.29) is 55.9 Å². The number of hydrogen-bond acceptors (Lipinski definition) is 0. The summed E-state index contributed by atoms with van der Waals surface area (Å²) in [4.78, 5) is 0. The van der Waals surface area contributed by atoms with E-state index in [0.29, 0.717) is 5.41 Å². The van der Waals surface area contributed by atoms with Crippen molar-refractivity contribution in [3.05, 3.63) is 78.3 Å². The number of rotatable bonds is 6. The van der Waals surface area contributed by atoms with Gasteiger partial charge in [0.1, 0.15) is 0 Å². The fraction of sp³-hybridized carbons (Fsp3) is 0.636. The van der Waals surface area contributed by atoms with Crippen LogP contribution in [-0.4, -0.2) is 8.07 Å². The molecular formula is C33H58SiZr. The van der Waals surface area contributed by atoms with Crippen molar-refractivity contribution in [3.8, 4) is 0 Å². The molecule has 1 spiro atoms. The van der Waals surface area contributed by atoms with Gasteiger partial charge in [-0.25, -0.2) is 0 Å². The van der Waals surface area contributed by atoms with Gasteiger partial charge < -0.3 is 29.7 Å². The Bertz CT molecular complexity index is 731. The van der Waals surface area contributed by atoms with Crippen LogP contribution in [0.4, 0.5) is 0 Å². The van der Waals surface area contributed by atoms with Gasteiger partial charge in [-0.15, -0.1) is 0 Å². The first-order valence-corrected chi connectivity index (χ1v) is 16.2. The molecule has 35 heavy (non-hydrogen) atoms. The molecule has 4 aliphatic rings. The average Bonchev–Trinajstić information content (AvgIpc) is 3.15. The Morgan fingerprint density at radius 2 is 1.40 bits per heavy atom. The molecule has 4 aliphatic carbocycles. The van der Waals surface area contributed by atoms with Crippen molar-refractivity contribution >= 4 is 8.07 Å². The number of allylic oxidation sites excluding steroid dienone is 8. The van der Waals surface area contributed by atoms with Crippen LogP contribution in [0, 0.1) is 70.6 Å². The largest absolute Gasteiger partial charge is 4.00 e. The van der Waals surface area contributed by atoms with E-state index in [9.17, 15) is 0 Å². The van der Waals surface area contributed by atoms with Gasteiger partial charge in [-0.05, 0) is 71.3 Å². The topological polar surface area (TPSA) is 0 Å². The molecule has 9 atom stereocenters. The van der Waals surface area contributed by atoms with Gasteiger partial charge in [0, 0.05) is 0 Å². The molecule has 0 aromatic carbocycles. The molecule has 198 valence electrons. The van der Waals surface area contributed by atoms with Crippen LogP contribution in [0.1, 0.15) is 66.2 Å². The van der Waals surface area contributed by atoms with Crippen LogP contribution in [0.2, 0.25) is 24.2 Å². The van der Waals surface area contributed by atoms with Gasteiger partial charge in [0.15, 0.2) is 0 Å². The predicted molar refractivity (Wildman–Crippen MR) is 161 cm³/mol. The van der Waals surface area contributed by atoms with E-state index in [1.54, 1.807) is 0 Å². The standard InChI is InChI=1S/C29H46Si.4CH3.Zr/c1-7-14-23-20-29(18-12-9-13-19-29)28(21(23)3)30(5,6)27-22(4)24(15-8-2)25-16-10-11-17-26(25)27;;;;;/h9-13,16-18,21-28H,7-8,14-15,19-20H2,1-6H3;4*1H3;/q;4*-1;+4. The van der Waals surface area contributed by atoms with Crippen LogP contribution in [-0.2, 0) is 26.2 Å². The Balaban J connectivity index is 0. The van der Waals surface area contributed by atoms with Crippen LogP contribution < -0.4 is 0 Å². The fourth-order valence-electron chi connectivity index (χ4n) is 9.38. The Labute approximate surface area is 242 Å². The van der Waals surface area contributed by atoms with Crippen molar-refractivity contribution in [1.82, 2.24) is 0 Å². The molecule has 9 unspecified atom stereocenters. The molecule has 0 N–H and O–H groups in total. The molecule has 2 fully saturated rings. The van der Waals surface area contributed by atoms with Gasteiger partial charge in [0.05, 0.1) is 8.07 Å². The average molecular weight is 574 g/mol. The third-order valence-corrected chi connectivity index (χ3v) is 15.4. The van der Waals surface area contributed by atoms with E-state index >= 15 is 0 Å². The first-order chi connectivity index (χ1) is 14.4. The zero-order valence-electron chi connectivity index (χ0n) is 25.0. The minimum atomic E-state index is -1.54. The van der Waals surface area contributed by atoms with Crippen LogP contribution in [0.25, 0.3) is 0 Å². The molecule has 0 radical (unpaired) electrons. The Morgan fingerprint density at radius 1 is 0.800 bits per heavy atom. The SMILES string of the molecule is CCCC1CC2(C=CC=CC2)C([Si](C)(C)C2C(C)C(CCC)C3C=CC=CC32)C1C.[CH3-].[CH3-].[CH3-].[CH3-].[Zr+4]. The van der Waals surface area contributed by atoms with Gasteiger partial charge >= 0.3 is 26.2 Å². The van der Waals surface area contributed by atoms with Gasteiger partial charge in [0.2, 0.25) is 0 Å². The predicted octanol–water partition coefficient (Wildman–Crippen LogP) is 10.6. The summed E-state index contributed by atoms with van der Waals surface area (Å²) in [5.41, 5.74) is 2.27. The second-order valence-corrected chi connectivity index (χ2v) is 16.8. The van der Waals surface area contributed by atoms with Crippen LogP contribution in [0.15, 0.2) is 48.6 Å². The van der Waals surface area contributed by atoms with Gasteiger partial charge in [-0.1, -0.05) is 109 Å². The molecule has 0 aromatic heterocycles. The Morgan fingerprint density at radius 3 is 1.94 bits per heavy atom. The first-order valence-electron chi connectivity index (χ1n) is 13.1. The van der Waals surface area contributed by atoms with Gasteiger partial charge in [-0.3, -0.25) is 0 Å². The molecule has 0 aliphatic heterocycles. The molecular weight excluding hydrogens is 516 g/mol. The molecule has 0 nitrogen and oxygen atoms in total. The molecule has 2 heteroatoms. The van der Waals surface area contributed by atoms with E-state index in [0.717, 1.165) is 46.6 Å². The summed E-state index contributed by atoms with van der Waals surface area (Å²) in [6.07, 6.45) is 28.0. The number of fused-ring (bicyclic) bond motifs is 1. The second kappa shape index (κ2) is 14.9. The van der Waals surface area contributed by atoms with Gasteiger partial charge in [-0.2, -0.15) is 0 Å². The quantitative estimate of drug-likeness (QED) is 0.219. The van der Waals surface area contributed by atoms with E-state index in [1.807, 2.05) is 0 Å². The van der Waals surface area contributed by atoms with Crippen molar-refractivity contribution in [2.45, 2.75) is 90.4 Å². The monoisotopic (exact) mass is 572 g/mol. The summed E-state index contributed by atoms with van der Waals surface area (Å²) in [6, 6.07) is 0. The summed E-state index contributed by atoms with van der Waals surface area (Å²) in [5, 5.41) is 0. The molecule has 0 aromatic rings. The third-order valence-electron chi connectivity index (χ3n) is 10.0. The van der Waals surface area contributed by atoms with E-state index in [1.165, 1.54) is 38.5 Å². The molecule has 2 saturated carbocycles. The zero-order chi connectivity index (χ0) is 21.5. The maximum absolute atomic E-state index is 2.81. The van der Waals surface area contributed by atoms with Crippen molar-refractivity contribution < 1.29 is 26.2 Å². The fourth-order valence-corrected chi connectivity index (χ4v) is 16.2. The van der Waals surface area contributed by atoms with Crippen molar-refractivity contribution in [2.24, 2.45) is 40.9 Å². The minimum Gasteiger partial charge on any atom is -0.358 e. The Kier molecular flexibility index (Phi) is 15.8. The summed E-state index contributed by atoms with van der Waals surface area (Å²) >= 11 is 0.